The summed E-state index contributed by atoms with van der Waals surface area (Å²) >= 11 is 0. The lowest BCUT2D eigenvalue weighted by Crippen LogP contribution is -2.33. The highest BCUT2D eigenvalue weighted by Gasteiger charge is 2.20. The Kier molecular flexibility index (Phi) is 5.38. The zero-order valence-corrected chi connectivity index (χ0v) is 13.1. The maximum absolute atomic E-state index is 5.24. The second-order valence-corrected chi connectivity index (χ2v) is 5.75. The Morgan fingerprint density at radius 3 is 2.80 bits per heavy atom. The van der Waals surface area contributed by atoms with Crippen molar-refractivity contribution in [2.75, 3.05) is 25.7 Å². The number of aryl methyl sites for hydroxylation is 1. The fraction of sp³-hybridized carbons (Fsp3) is 0.688. The number of hydrogen-bond donors (Lipinski definition) is 1. The van der Waals surface area contributed by atoms with Gasteiger partial charge in [0.2, 0.25) is 0 Å². The summed E-state index contributed by atoms with van der Waals surface area (Å²) in [4.78, 5) is 6.94. The third-order valence-electron chi connectivity index (χ3n) is 3.89. The molecular formula is C16H27N3O. The molecule has 4 nitrogen and oxygen atoms in total. The van der Waals surface area contributed by atoms with E-state index in [9.17, 15) is 0 Å². The molecule has 4 heteroatoms. The van der Waals surface area contributed by atoms with Crippen LogP contribution in [0.5, 0.6) is 0 Å². The van der Waals surface area contributed by atoms with Gasteiger partial charge in [0, 0.05) is 32.4 Å². The molecule has 1 aliphatic carbocycles. The van der Waals surface area contributed by atoms with E-state index in [4.69, 9.17) is 9.72 Å². The lowest BCUT2D eigenvalue weighted by atomic mass is 10.1. The van der Waals surface area contributed by atoms with Crippen molar-refractivity contribution in [3.05, 3.63) is 23.4 Å². The van der Waals surface area contributed by atoms with Gasteiger partial charge in [-0.25, -0.2) is 4.98 Å². The number of hydrogen-bond acceptors (Lipinski definition) is 4. The van der Waals surface area contributed by atoms with E-state index in [2.05, 4.69) is 43.2 Å². The van der Waals surface area contributed by atoms with Crippen LogP contribution in [0.15, 0.2) is 12.1 Å². The van der Waals surface area contributed by atoms with E-state index in [0.717, 1.165) is 30.5 Å². The first-order valence-electron chi connectivity index (χ1n) is 7.59. The summed E-state index contributed by atoms with van der Waals surface area (Å²) < 4.78 is 5.24. The van der Waals surface area contributed by atoms with Gasteiger partial charge in [-0.3, -0.25) is 0 Å². The molecule has 0 amide bonds. The van der Waals surface area contributed by atoms with Gasteiger partial charge in [0.25, 0.3) is 0 Å². The number of ether oxygens (including phenoxy) is 1. The average Bonchev–Trinajstić information content (AvgIpc) is 3.28. The Balaban J connectivity index is 2.10. The van der Waals surface area contributed by atoms with Crippen LogP contribution >= 0.6 is 0 Å². The van der Waals surface area contributed by atoms with Gasteiger partial charge in [-0.05, 0) is 43.9 Å². The van der Waals surface area contributed by atoms with Gasteiger partial charge in [-0.2, -0.15) is 0 Å². The first kappa shape index (κ1) is 15.3. The van der Waals surface area contributed by atoms with Gasteiger partial charge >= 0.3 is 0 Å². The normalized spacial score (nSPS) is 16.2. The van der Waals surface area contributed by atoms with Crippen LogP contribution in [0.25, 0.3) is 0 Å². The minimum atomic E-state index is 0.323. The smallest absolute Gasteiger partial charge is 0.129 e. The predicted molar refractivity (Wildman–Crippen MR) is 83.2 cm³/mol. The lowest BCUT2D eigenvalue weighted by Gasteiger charge is -2.26. The van der Waals surface area contributed by atoms with Crippen LogP contribution in [-0.2, 0) is 17.7 Å². The van der Waals surface area contributed by atoms with Crippen molar-refractivity contribution < 1.29 is 4.74 Å². The molecule has 112 valence electrons. The molecule has 1 atom stereocenters. The molecule has 20 heavy (non-hydrogen) atoms. The van der Waals surface area contributed by atoms with Crippen molar-refractivity contribution in [2.24, 2.45) is 0 Å². The molecule has 1 aromatic rings. The number of methoxy groups -OCH3 is 1. The second kappa shape index (κ2) is 7.04. The molecule has 2 rings (SSSR count). The van der Waals surface area contributed by atoms with Gasteiger partial charge in [0.1, 0.15) is 5.82 Å². The predicted octanol–water partition coefficient (Wildman–Crippen LogP) is 2.37. The minimum Gasteiger partial charge on any atom is -0.383 e. The van der Waals surface area contributed by atoms with Crippen molar-refractivity contribution in [2.45, 2.75) is 51.7 Å². The van der Waals surface area contributed by atoms with Crippen LogP contribution in [0.3, 0.4) is 0 Å². The molecule has 1 aromatic heterocycles. The van der Waals surface area contributed by atoms with Crippen molar-refractivity contribution in [3.63, 3.8) is 0 Å². The largest absolute Gasteiger partial charge is 0.383 e. The van der Waals surface area contributed by atoms with E-state index >= 15 is 0 Å². The van der Waals surface area contributed by atoms with Gasteiger partial charge in [0.15, 0.2) is 0 Å². The summed E-state index contributed by atoms with van der Waals surface area (Å²) in [6, 6.07) is 5.47. The van der Waals surface area contributed by atoms with Gasteiger partial charge < -0.3 is 15.0 Å². The van der Waals surface area contributed by atoms with Crippen LogP contribution in [-0.4, -0.2) is 37.8 Å². The molecule has 1 aliphatic rings. The zero-order valence-electron chi connectivity index (χ0n) is 13.1. The number of nitrogens with one attached hydrogen (secondary N) is 1. The lowest BCUT2D eigenvalue weighted by molar-refractivity contribution is 0.183. The molecule has 0 spiro atoms. The van der Waals surface area contributed by atoms with Crippen LogP contribution < -0.4 is 10.2 Å². The number of rotatable bonds is 8. The van der Waals surface area contributed by atoms with Crippen LogP contribution in [0.2, 0.25) is 0 Å². The topological polar surface area (TPSA) is 37.4 Å². The summed E-state index contributed by atoms with van der Waals surface area (Å²) in [6.07, 6.45) is 3.61. The molecule has 0 radical (unpaired) electrons. The van der Waals surface area contributed by atoms with Crippen molar-refractivity contribution in [3.8, 4) is 0 Å². The molecule has 0 aliphatic heterocycles. The SMILES string of the molecule is CCc1cc(CNC2CC2)cc(N(C)C(C)COC)n1. The Labute approximate surface area is 122 Å². The van der Waals surface area contributed by atoms with E-state index in [1.165, 1.54) is 18.4 Å². The number of aromatic nitrogens is 1. The van der Waals surface area contributed by atoms with Crippen molar-refractivity contribution >= 4 is 5.82 Å². The van der Waals surface area contributed by atoms with Crippen LogP contribution in [0.4, 0.5) is 5.82 Å². The summed E-state index contributed by atoms with van der Waals surface area (Å²) in [5, 5.41) is 3.57. The molecule has 1 heterocycles. The van der Waals surface area contributed by atoms with E-state index in [0.29, 0.717) is 12.6 Å². The molecule has 1 fully saturated rings. The summed E-state index contributed by atoms with van der Waals surface area (Å²) in [7, 11) is 3.83. The minimum absolute atomic E-state index is 0.323. The Bertz CT molecular complexity index is 432. The average molecular weight is 277 g/mol. The highest BCUT2D eigenvalue weighted by Crippen LogP contribution is 2.21. The van der Waals surface area contributed by atoms with Crippen molar-refractivity contribution in [1.82, 2.24) is 10.3 Å². The Morgan fingerprint density at radius 2 is 2.20 bits per heavy atom. The molecule has 1 N–H and O–H groups in total. The third-order valence-corrected chi connectivity index (χ3v) is 3.89. The molecule has 1 unspecified atom stereocenters. The quantitative estimate of drug-likeness (QED) is 0.791. The number of anilines is 1. The number of nitrogens with zero attached hydrogens (tertiary/aromatic N) is 2. The second-order valence-electron chi connectivity index (χ2n) is 5.75. The Hall–Kier alpha value is -1.13. The van der Waals surface area contributed by atoms with E-state index in [1.54, 1.807) is 7.11 Å². The van der Waals surface area contributed by atoms with Crippen LogP contribution in [0.1, 0.15) is 37.9 Å². The standard InChI is InChI=1S/C16H27N3O/c1-5-14-8-13(10-17-15-6-7-15)9-16(18-14)19(3)12(2)11-20-4/h8-9,12,15,17H,5-7,10-11H2,1-4H3. The summed E-state index contributed by atoms with van der Waals surface area (Å²) in [5.41, 5.74) is 2.49. The van der Waals surface area contributed by atoms with Gasteiger partial charge in [-0.1, -0.05) is 6.92 Å². The van der Waals surface area contributed by atoms with E-state index < -0.39 is 0 Å². The maximum atomic E-state index is 5.24. The van der Waals surface area contributed by atoms with E-state index in [-0.39, 0.29) is 0 Å². The molecular weight excluding hydrogens is 250 g/mol. The van der Waals surface area contributed by atoms with Gasteiger partial charge in [0.05, 0.1) is 12.6 Å². The monoisotopic (exact) mass is 277 g/mol. The highest BCUT2D eigenvalue weighted by atomic mass is 16.5. The van der Waals surface area contributed by atoms with Crippen LogP contribution in [0, 0.1) is 0 Å². The maximum Gasteiger partial charge on any atom is 0.129 e. The molecule has 0 bridgehead atoms. The first-order valence-corrected chi connectivity index (χ1v) is 7.59. The van der Waals surface area contributed by atoms with Crippen molar-refractivity contribution in [1.29, 1.82) is 0 Å². The zero-order chi connectivity index (χ0) is 14.5. The molecule has 0 saturated heterocycles. The summed E-state index contributed by atoms with van der Waals surface area (Å²) in [6.45, 7) is 5.97. The molecule has 0 aromatic carbocycles. The fourth-order valence-electron chi connectivity index (χ4n) is 2.23. The van der Waals surface area contributed by atoms with E-state index in [1.807, 2.05) is 0 Å². The Morgan fingerprint density at radius 1 is 1.45 bits per heavy atom. The third kappa shape index (κ3) is 4.18. The summed E-state index contributed by atoms with van der Waals surface area (Å²) in [5.74, 6) is 1.04. The fourth-order valence-corrected chi connectivity index (χ4v) is 2.23. The van der Waals surface area contributed by atoms with Gasteiger partial charge in [-0.15, -0.1) is 0 Å². The first-order chi connectivity index (χ1) is 9.63. The highest BCUT2D eigenvalue weighted by molar-refractivity contribution is 5.43. The number of likely N-dealkylation sites (N-methyl/N-ethyl adjacent to an activating group) is 1. The molecule has 1 saturated carbocycles. The number of pyridine rings is 1.